The number of morpholine rings is 1. The third-order valence-corrected chi connectivity index (χ3v) is 4.34. The summed E-state index contributed by atoms with van der Waals surface area (Å²) in [4.78, 5) is 19.2. The molecule has 0 saturated carbocycles. The highest BCUT2D eigenvalue weighted by atomic mass is 127. The summed E-state index contributed by atoms with van der Waals surface area (Å²) in [5.41, 5.74) is -0.508. The minimum atomic E-state index is -0.508. The zero-order chi connectivity index (χ0) is 21.0. The van der Waals surface area contributed by atoms with E-state index >= 15 is 0 Å². The number of amides is 1. The van der Waals surface area contributed by atoms with E-state index in [1.807, 2.05) is 27.7 Å². The second-order valence-electron chi connectivity index (χ2n) is 8.45. The zero-order valence-electron chi connectivity index (χ0n) is 19.0. The third-order valence-electron chi connectivity index (χ3n) is 4.34. The van der Waals surface area contributed by atoms with Crippen molar-refractivity contribution in [1.82, 2.24) is 20.9 Å². The van der Waals surface area contributed by atoms with E-state index in [-0.39, 0.29) is 35.9 Å². The van der Waals surface area contributed by atoms with Gasteiger partial charge in [0.05, 0.1) is 25.8 Å². The summed E-state index contributed by atoms with van der Waals surface area (Å²) in [6.07, 6.45) is 0.652. The van der Waals surface area contributed by atoms with Crippen molar-refractivity contribution in [3.05, 3.63) is 0 Å². The molecule has 1 fully saturated rings. The highest BCUT2D eigenvalue weighted by Gasteiger charge is 2.21. The van der Waals surface area contributed by atoms with Gasteiger partial charge in [-0.15, -0.1) is 24.0 Å². The fourth-order valence-electron chi connectivity index (χ4n) is 2.75. The lowest BCUT2D eigenvalue weighted by atomic mass is 10.1. The average Bonchev–Trinajstić information content (AvgIpc) is 2.61. The number of ether oxygens (including phenoxy) is 2. The first-order valence-electron chi connectivity index (χ1n) is 10.5. The van der Waals surface area contributed by atoms with Crippen LogP contribution in [-0.4, -0.2) is 81.1 Å². The smallest absolute Gasteiger partial charge is 0.407 e. The van der Waals surface area contributed by atoms with Crippen molar-refractivity contribution >= 4 is 36.0 Å². The van der Waals surface area contributed by atoms with Crippen molar-refractivity contribution < 1.29 is 14.3 Å². The molecule has 0 aromatic heterocycles. The van der Waals surface area contributed by atoms with E-state index in [1.54, 1.807) is 0 Å². The lowest BCUT2D eigenvalue weighted by Gasteiger charge is -2.26. The molecule has 0 spiro atoms. The van der Waals surface area contributed by atoms with Crippen LogP contribution in [0.5, 0.6) is 0 Å². The Labute approximate surface area is 194 Å². The van der Waals surface area contributed by atoms with Crippen LogP contribution in [-0.2, 0) is 9.47 Å². The lowest BCUT2D eigenvalue weighted by Crippen LogP contribution is -2.45. The summed E-state index contributed by atoms with van der Waals surface area (Å²) in [6.45, 7) is 18.7. The van der Waals surface area contributed by atoms with Gasteiger partial charge >= 0.3 is 6.09 Å². The van der Waals surface area contributed by atoms with Crippen molar-refractivity contribution in [2.24, 2.45) is 10.9 Å². The van der Waals surface area contributed by atoms with Gasteiger partial charge in [0.2, 0.25) is 0 Å². The Morgan fingerprint density at radius 2 is 1.86 bits per heavy atom. The second-order valence-corrected chi connectivity index (χ2v) is 8.45. The summed E-state index contributed by atoms with van der Waals surface area (Å²) in [5, 5.41) is 9.59. The first-order valence-corrected chi connectivity index (χ1v) is 10.5. The van der Waals surface area contributed by atoms with E-state index < -0.39 is 11.7 Å². The molecule has 1 unspecified atom stereocenters. The van der Waals surface area contributed by atoms with E-state index in [4.69, 9.17) is 9.47 Å². The second kappa shape index (κ2) is 15.1. The third kappa shape index (κ3) is 13.9. The van der Waals surface area contributed by atoms with E-state index in [9.17, 15) is 4.79 Å². The fourth-order valence-corrected chi connectivity index (χ4v) is 2.75. The predicted molar refractivity (Wildman–Crippen MR) is 129 cm³/mol. The molecule has 1 rings (SSSR count). The van der Waals surface area contributed by atoms with Crippen molar-refractivity contribution in [3.63, 3.8) is 0 Å². The summed E-state index contributed by atoms with van der Waals surface area (Å²) in [5.74, 6) is 1.03. The minimum absolute atomic E-state index is 0. The Kier molecular flexibility index (Phi) is 14.6. The molecule has 9 heteroatoms. The molecule has 0 bridgehead atoms. The number of hydrogen-bond donors (Lipinski definition) is 3. The number of nitrogens with zero attached hydrogens (tertiary/aromatic N) is 2. The Balaban J connectivity index is 0.00000784. The predicted octanol–water partition coefficient (Wildman–Crippen LogP) is 2.43. The summed E-state index contributed by atoms with van der Waals surface area (Å²) in [6, 6.07) is -0.0846. The van der Waals surface area contributed by atoms with E-state index in [2.05, 4.69) is 39.7 Å². The molecule has 0 aliphatic carbocycles. The van der Waals surface area contributed by atoms with Gasteiger partial charge in [-0.3, -0.25) is 9.89 Å². The van der Waals surface area contributed by atoms with E-state index in [1.165, 1.54) is 0 Å². The van der Waals surface area contributed by atoms with Crippen LogP contribution >= 0.6 is 24.0 Å². The zero-order valence-corrected chi connectivity index (χ0v) is 21.4. The molecule has 1 aliphatic heterocycles. The topological polar surface area (TPSA) is 87.2 Å². The van der Waals surface area contributed by atoms with E-state index in [0.29, 0.717) is 6.54 Å². The van der Waals surface area contributed by atoms with Crippen LogP contribution in [0.25, 0.3) is 0 Å². The molecule has 3 N–H and O–H groups in total. The van der Waals surface area contributed by atoms with Gasteiger partial charge < -0.3 is 25.4 Å². The Hall–Kier alpha value is -0.810. The minimum Gasteiger partial charge on any atom is -0.444 e. The van der Waals surface area contributed by atoms with Gasteiger partial charge in [0.25, 0.3) is 0 Å². The van der Waals surface area contributed by atoms with Gasteiger partial charge in [-0.25, -0.2) is 4.79 Å². The number of rotatable bonds is 9. The monoisotopic (exact) mass is 527 g/mol. The number of hydrogen-bond acceptors (Lipinski definition) is 5. The number of nitrogens with one attached hydrogen (secondary N) is 3. The molecular weight excluding hydrogens is 485 g/mol. The normalized spacial score (nSPS) is 16.7. The van der Waals surface area contributed by atoms with Gasteiger partial charge in [-0.2, -0.15) is 0 Å². The Bertz CT molecular complexity index is 477. The van der Waals surface area contributed by atoms with Crippen LogP contribution in [0.4, 0.5) is 4.79 Å². The molecule has 0 aromatic rings. The summed E-state index contributed by atoms with van der Waals surface area (Å²) < 4.78 is 10.7. The maximum atomic E-state index is 12.1. The molecule has 29 heavy (non-hydrogen) atoms. The molecule has 172 valence electrons. The van der Waals surface area contributed by atoms with Crippen LogP contribution < -0.4 is 16.0 Å². The molecule has 0 radical (unpaired) electrons. The largest absolute Gasteiger partial charge is 0.444 e. The number of carbonyl (C=O) groups excluding carboxylic acids is 1. The maximum absolute atomic E-state index is 12.1. The highest BCUT2D eigenvalue weighted by molar-refractivity contribution is 14.0. The SMILES string of the molecule is CCNC(=NCC(NC(=O)OC(C)(C)C)C(C)C)NCCCN1CCOCC1.I. The van der Waals surface area contributed by atoms with Gasteiger partial charge in [0.15, 0.2) is 5.96 Å². The van der Waals surface area contributed by atoms with Crippen LogP contribution in [0.1, 0.15) is 48.0 Å². The molecule has 1 saturated heterocycles. The molecule has 8 nitrogen and oxygen atoms in total. The number of halogens is 1. The number of carbonyl (C=O) groups is 1. The molecular formula is C20H42IN5O3. The Morgan fingerprint density at radius 1 is 1.21 bits per heavy atom. The standard InChI is InChI=1S/C20H41N5O3.HI/c1-7-21-18(22-9-8-10-25-11-13-27-14-12-25)23-15-17(16(2)3)24-19(26)28-20(4,5)6;/h16-17H,7-15H2,1-6H3,(H,24,26)(H2,21,22,23);1H. The average molecular weight is 527 g/mol. The first kappa shape index (κ1) is 28.2. The Morgan fingerprint density at radius 3 is 2.41 bits per heavy atom. The van der Waals surface area contributed by atoms with Gasteiger partial charge in [0, 0.05) is 26.2 Å². The molecule has 1 amide bonds. The number of alkyl carbamates (subject to hydrolysis) is 1. The maximum Gasteiger partial charge on any atom is 0.407 e. The van der Waals surface area contributed by atoms with Crippen molar-refractivity contribution in [2.75, 3.05) is 52.5 Å². The van der Waals surface area contributed by atoms with Crippen LogP contribution in [0, 0.1) is 5.92 Å². The van der Waals surface area contributed by atoms with Gasteiger partial charge in [-0.05, 0) is 46.6 Å². The molecule has 0 aromatic carbocycles. The van der Waals surface area contributed by atoms with Crippen molar-refractivity contribution in [2.45, 2.75) is 59.6 Å². The van der Waals surface area contributed by atoms with Crippen LogP contribution in [0.2, 0.25) is 0 Å². The quantitative estimate of drug-likeness (QED) is 0.185. The molecule has 1 atom stereocenters. The molecule has 1 aliphatic rings. The number of aliphatic imine (C=N–C) groups is 1. The van der Waals surface area contributed by atoms with Gasteiger partial charge in [0.1, 0.15) is 5.60 Å². The summed E-state index contributed by atoms with van der Waals surface area (Å²) in [7, 11) is 0. The first-order chi connectivity index (χ1) is 13.2. The van der Waals surface area contributed by atoms with Crippen LogP contribution in [0.15, 0.2) is 4.99 Å². The van der Waals surface area contributed by atoms with Crippen molar-refractivity contribution in [3.8, 4) is 0 Å². The van der Waals surface area contributed by atoms with E-state index in [0.717, 1.165) is 58.3 Å². The fraction of sp³-hybridized carbons (Fsp3) is 0.900. The van der Waals surface area contributed by atoms with Crippen molar-refractivity contribution in [1.29, 1.82) is 0 Å². The number of guanidine groups is 1. The molecule has 1 heterocycles. The highest BCUT2D eigenvalue weighted by Crippen LogP contribution is 2.09. The van der Waals surface area contributed by atoms with Crippen LogP contribution in [0.3, 0.4) is 0 Å². The summed E-state index contributed by atoms with van der Waals surface area (Å²) >= 11 is 0. The lowest BCUT2D eigenvalue weighted by molar-refractivity contribution is 0.0376. The van der Waals surface area contributed by atoms with Gasteiger partial charge in [-0.1, -0.05) is 13.8 Å².